The molecule has 0 heterocycles. The second kappa shape index (κ2) is 6.17. The van der Waals surface area contributed by atoms with Gasteiger partial charge in [-0.3, -0.25) is 4.79 Å². The standard InChI is InChI=1S/C16H14FNO3/c1-10-5-6-13(9-14(10)16(20)21)18-15(19)8-11-3-2-4-12(17)7-11/h2-7,9H,8H2,1H3,(H,18,19)(H,20,21). The predicted molar refractivity (Wildman–Crippen MR) is 76.9 cm³/mol. The van der Waals surface area contributed by atoms with Gasteiger partial charge in [-0.1, -0.05) is 18.2 Å². The van der Waals surface area contributed by atoms with Crippen molar-refractivity contribution in [3.63, 3.8) is 0 Å². The van der Waals surface area contributed by atoms with E-state index in [1.54, 1.807) is 25.1 Å². The van der Waals surface area contributed by atoms with Crippen LogP contribution in [0.15, 0.2) is 42.5 Å². The Morgan fingerprint density at radius 2 is 1.95 bits per heavy atom. The Morgan fingerprint density at radius 3 is 2.62 bits per heavy atom. The third kappa shape index (κ3) is 3.89. The molecule has 2 N–H and O–H groups in total. The predicted octanol–water partition coefficient (Wildman–Crippen LogP) is 3.01. The maximum Gasteiger partial charge on any atom is 0.336 e. The van der Waals surface area contributed by atoms with E-state index < -0.39 is 11.8 Å². The minimum absolute atomic E-state index is 0.0219. The molecule has 108 valence electrons. The minimum Gasteiger partial charge on any atom is -0.478 e. The molecular formula is C16H14FNO3. The Balaban J connectivity index is 2.09. The van der Waals surface area contributed by atoms with E-state index >= 15 is 0 Å². The quantitative estimate of drug-likeness (QED) is 0.908. The number of carboxylic acid groups (broad SMARTS) is 1. The van der Waals surface area contributed by atoms with Gasteiger partial charge in [-0.15, -0.1) is 0 Å². The molecular weight excluding hydrogens is 273 g/mol. The maximum atomic E-state index is 13.0. The summed E-state index contributed by atoms with van der Waals surface area (Å²) in [6.45, 7) is 1.68. The molecule has 5 heteroatoms. The van der Waals surface area contributed by atoms with E-state index in [0.717, 1.165) is 0 Å². The zero-order valence-corrected chi connectivity index (χ0v) is 11.4. The first-order valence-corrected chi connectivity index (χ1v) is 6.34. The lowest BCUT2D eigenvalue weighted by Gasteiger charge is -2.08. The molecule has 0 aliphatic rings. The van der Waals surface area contributed by atoms with Gasteiger partial charge in [0.25, 0.3) is 0 Å². The SMILES string of the molecule is Cc1ccc(NC(=O)Cc2cccc(F)c2)cc1C(=O)O. The summed E-state index contributed by atoms with van der Waals surface area (Å²) in [6, 6.07) is 10.4. The number of carbonyl (C=O) groups excluding carboxylic acids is 1. The van der Waals surface area contributed by atoms with Crippen molar-refractivity contribution in [2.24, 2.45) is 0 Å². The van der Waals surface area contributed by atoms with Crippen molar-refractivity contribution in [3.05, 3.63) is 65.0 Å². The number of carbonyl (C=O) groups is 2. The second-order valence-electron chi connectivity index (χ2n) is 4.69. The Morgan fingerprint density at radius 1 is 1.19 bits per heavy atom. The van der Waals surface area contributed by atoms with Gasteiger partial charge < -0.3 is 10.4 Å². The lowest BCUT2D eigenvalue weighted by Crippen LogP contribution is -2.15. The van der Waals surface area contributed by atoms with Crippen molar-refractivity contribution in [1.29, 1.82) is 0 Å². The van der Waals surface area contributed by atoms with Gasteiger partial charge in [-0.05, 0) is 42.3 Å². The highest BCUT2D eigenvalue weighted by atomic mass is 19.1. The number of aromatic carboxylic acids is 1. The summed E-state index contributed by atoms with van der Waals surface area (Å²) in [4.78, 5) is 22.9. The molecule has 0 fully saturated rings. The lowest BCUT2D eigenvalue weighted by atomic mass is 10.1. The average molecular weight is 287 g/mol. The van der Waals surface area contributed by atoms with Crippen LogP contribution in [-0.4, -0.2) is 17.0 Å². The van der Waals surface area contributed by atoms with Crippen LogP contribution < -0.4 is 5.32 Å². The summed E-state index contributed by atoms with van der Waals surface area (Å²) in [7, 11) is 0. The van der Waals surface area contributed by atoms with Crippen LogP contribution in [0, 0.1) is 12.7 Å². The number of nitrogens with one attached hydrogen (secondary N) is 1. The number of aryl methyl sites for hydroxylation is 1. The van der Waals surface area contributed by atoms with Crippen LogP contribution in [0.5, 0.6) is 0 Å². The number of hydrogen-bond donors (Lipinski definition) is 2. The maximum absolute atomic E-state index is 13.0. The number of halogens is 1. The number of hydrogen-bond acceptors (Lipinski definition) is 2. The molecule has 2 aromatic carbocycles. The van der Waals surface area contributed by atoms with Gasteiger partial charge in [-0.2, -0.15) is 0 Å². The van der Waals surface area contributed by atoms with Crippen molar-refractivity contribution < 1.29 is 19.1 Å². The van der Waals surface area contributed by atoms with Crippen LogP contribution in [0.3, 0.4) is 0 Å². The summed E-state index contributed by atoms with van der Waals surface area (Å²) < 4.78 is 13.0. The molecule has 0 aliphatic carbocycles. The van der Waals surface area contributed by atoms with Crippen molar-refractivity contribution in [2.75, 3.05) is 5.32 Å². The highest BCUT2D eigenvalue weighted by Gasteiger charge is 2.10. The topological polar surface area (TPSA) is 66.4 Å². The van der Waals surface area contributed by atoms with Crippen molar-refractivity contribution >= 4 is 17.6 Å². The summed E-state index contributed by atoms with van der Waals surface area (Å²) in [5.41, 5.74) is 1.71. The number of amides is 1. The van der Waals surface area contributed by atoms with E-state index in [2.05, 4.69) is 5.32 Å². The van der Waals surface area contributed by atoms with Gasteiger partial charge in [0.05, 0.1) is 12.0 Å². The molecule has 4 nitrogen and oxygen atoms in total. The lowest BCUT2D eigenvalue weighted by molar-refractivity contribution is -0.115. The number of rotatable bonds is 4. The first kappa shape index (κ1) is 14.7. The van der Waals surface area contributed by atoms with Crippen LogP contribution in [-0.2, 0) is 11.2 Å². The smallest absolute Gasteiger partial charge is 0.336 e. The molecule has 0 bridgehead atoms. The van der Waals surface area contributed by atoms with Crippen LogP contribution in [0.2, 0.25) is 0 Å². The summed E-state index contributed by atoms with van der Waals surface area (Å²) in [5, 5.41) is 11.6. The van der Waals surface area contributed by atoms with Crippen molar-refractivity contribution in [1.82, 2.24) is 0 Å². The minimum atomic E-state index is -1.05. The van der Waals surface area contributed by atoms with Crippen LogP contribution in [0.25, 0.3) is 0 Å². The zero-order chi connectivity index (χ0) is 15.4. The Kier molecular flexibility index (Phi) is 4.33. The molecule has 1 amide bonds. The normalized spacial score (nSPS) is 10.2. The fraction of sp³-hybridized carbons (Fsp3) is 0.125. The average Bonchev–Trinajstić information content (AvgIpc) is 2.40. The van der Waals surface area contributed by atoms with E-state index in [-0.39, 0.29) is 17.9 Å². The molecule has 0 saturated carbocycles. The summed E-state index contributed by atoms with van der Waals surface area (Å²) in [6.07, 6.45) is 0.0219. The van der Waals surface area contributed by atoms with E-state index in [9.17, 15) is 14.0 Å². The van der Waals surface area contributed by atoms with Gasteiger partial charge in [-0.25, -0.2) is 9.18 Å². The molecule has 0 spiro atoms. The molecule has 21 heavy (non-hydrogen) atoms. The third-order valence-corrected chi connectivity index (χ3v) is 3.01. The van der Waals surface area contributed by atoms with Gasteiger partial charge in [0.2, 0.25) is 5.91 Å². The Labute approximate surface area is 121 Å². The summed E-state index contributed by atoms with van der Waals surface area (Å²) >= 11 is 0. The molecule has 2 rings (SSSR count). The van der Waals surface area contributed by atoms with Gasteiger partial charge >= 0.3 is 5.97 Å². The van der Waals surface area contributed by atoms with Crippen molar-refractivity contribution in [3.8, 4) is 0 Å². The molecule has 0 saturated heterocycles. The zero-order valence-electron chi connectivity index (χ0n) is 11.4. The highest BCUT2D eigenvalue weighted by Crippen LogP contribution is 2.16. The molecule has 0 aromatic heterocycles. The van der Waals surface area contributed by atoms with E-state index in [4.69, 9.17) is 5.11 Å². The second-order valence-corrected chi connectivity index (χ2v) is 4.69. The third-order valence-electron chi connectivity index (χ3n) is 3.01. The molecule has 0 unspecified atom stereocenters. The molecule has 0 radical (unpaired) electrons. The van der Waals surface area contributed by atoms with E-state index in [1.807, 2.05) is 0 Å². The fourth-order valence-corrected chi connectivity index (χ4v) is 1.97. The van der Waals surface area contributed by atoms with Crippen LogP contribution in [0.4, 0.5) is 10.1 Å². The Bertz CT molecular complexity index is 698. The number of benzene rings is 2. The number of anilines is 1. The van der Waals surface area contributed by atoms with Crippen molar-refractivity contribution in [2.45, 2.75) is 13.3 Å². The van der Waals surface area contributed by atoms with E-state index in [0.29, 0.717) is 16.8 Å². The van der Waals surface area contributed by atoms with Gasteiger partial charge in [0.15, 0.2) is 0 Å². The van der Waals surface area contributed by atoms with Gasteiger partial charge in [0.1, 0.15) is 5.82 Å². The number of carboxylic acids is 1. The van der Waals surface area contributed by atoms with Crippen LogP contribution in [0.1, 0.15) is 21.5 Å². The molecule has 2 aromatic rings. The van der Waals surface area contributed by atoms with Crippen LogP contribution >= 0.6 is 0 Å². The van der Waals surface area contributed by atoms with Gasteiger partial charge in [0, 0.05) is 5.69 Å². The largest absolute Gasteiger partial charge is 0.478 e. The first-order valence-electron chi connectivity index (χ1n) is 6.34. The fourth-order valence-electron chi connectivity index (χ4n) is 1.97. The molecule has 0 aliphatic heterocycles. The summed E-state index contributed by atoms with van der Waals surface area (Å²) in [5.74, 6) is -1.78. The Hall–Kier alpha value is -2.69. The molecule has 0 atom stereocenters. The highest BCUT2D eigenvalue weighted by molar-refractivity contribution is 5.95. The van der Waals surface area contributed by atoms with E-state index in [1.165, 1.54) is 24.3 Å². The first-order chi connectivity index (χ1) is 9.95. The monoisotopic (exact) mass is 287 g/mol.